The van der Waals surface area contributed by atoms with E-state index in [2.05, 4.69) is 13.0 Å². The van der Waals surface area contributed by atoms with Crippen molar-refractivity contribution in [3.8, 4) is 0 Å². The van der Waals surface area contributed by atoms with Crippen molar-refractivity contribution < 1.29 is 9.78 Å². The molecule has 0 aromatic heterocycles. The van der Waals surface area contributed by atoms with Gasteiger partial charge in [0.25, 0.3) is 0 Å². The zero-order valence-electron chi connectivity index (χ0n) is 9.09. The number of hydrogen-bond acceptors (Lipinski definition) is 2. The van der Waals surface area contributed by atoms with E-state index in [0.29, 0.717) is 0 Å². The van der Waals surface area contributed by atoms with Gasteiger partial charge in [0.2, 0.25) is 0 Å². The minimum atomic E-state index is -0.209. The van der Waals surface area contributed by atoms with Crippen molar-refractivity contribution in [3.05, 3.63) is 11.6 Å². The van der Waals surface area contributed by atoms with E-state index in [-0.39, 0.29) is 11.7 Å². The summed E-state index contributed by atoms with van der Waals surface area (Å²) in [5.41, 5.74) is 1.20. The lowest BCUT2D eigenvalue weighted by atomic mass is 9.99. The third-order valence-electron chi connectivity index (χ3n) is 1.95. The van der Waals surface area contributed by atoms with Crippen LogP contribution in [0, 0.1) is 0 Å². The monoisotopic (exact) mass is 184 g/mol. The summed E-state index contributed by atoms with van der Waals surface area (Å²) in [7, 11) is 0. The topological polar surface area (TPSA) is 18.5 Å². The summed E-state index contributed by atoms with van der Waals surface area (Å²) in [6.45, 7) is 8.12. The molecular weight excluding hydrogens is 164 g/mol. The molecular formula is C11H20O2. The normalized spacial score (nSPS) is 24.3. The van der Waals surface area contributed by atoms with Crippen molar-refractivity contribution in [1.29, 1.82) is 0 Å². The molecule has 0 bridgehead atoms. The first-order chi connectivity index (χ1) is 5.97. The molecule has 1 atom stereocenters. The first-order valence-electron chi connectivity index (χ1n) is 4.99. The van der Waals surface area contributed by atoms with Crippen molar-refractivity contribution in [2.75, 3.05) is 0 Å². The van der Waals surface area contributed by atoms with Crippen LogP contribution in [0.5, 0.6) is 0 Å². The second-order valence-electron chi connectivity index (χ2n) is 4.74. The molecule has 0 saturated carbocycles. The molecule has 2 heteroatoms. The Balaban J connectivity index is 2.33. The van der Waals surface area contributed by atoms with Crippen LogP contribution in [0.1, 0.15) is 47.0 Å². The molecule has 1 aliphatic rings. The first kappa shape index (κ1) is 10.7. The van der Waals surface area contributed by atoms with Gasteiger partial charge in [-0.3, -0.25) is 0 Å². The highest BCUT2D eigenvalue weighted by Gasteiger charge is 2.17. The van der Waals surface area contributed by atoms with E-state index < -0.39 is 0 Å². The van der Waals surface area contributed by atoms with Gasteiger partial charge in [-0.25, -0.2) is 9.78 Å². The standard InChI is InChI=1S/C11H20O2/c1-9-6-5-7-10(8-9)12-13-11(2,3)4/h8,10H,5-7H2,1-4H3/t10-/m0/s1. The maximum atomic E-state index is 5.34. The molecule has 13 heavy (non-hydrogen) atoms. The molecule has 0 N–H and O–H groups in total. The highest BCUT2D eigenvalue weighted by atomic mass is 17.2. The highest BCUT2D eigenvalue weighted by Crippen LogP contribution is 2.21. The largest absolute Gasteiger partial charge is 0.230 e. The van der Waals surface area contributed by atoms with Crippen molar-refractivity contribution in [1.82, 2.24) is 0 Å². The van der Waals surface area contributed by atoms with E-state index >= 15 is 0 Å². The summed E-state index contributed by atoms with van der Waals surface area (Å²) in [5.74, 6) is 0. The molecule has 1 aliphatic carbocycles. The summed E-state index contributed by atoms with van der Waals surface area (Å²) in [6, 6.07) is 0. The van der Waals surface area contributed by atoms with Crippen LogP contribution in [0.15, 0.2) is 11.6 Å². The average molecular weight is 184 g/mol. The van der Waals surface area contributed by atoms with Crippen LogP contribution in [-0.4, -0.2) is 11.7 Å². The van der Waals surface area contributed by atoms with E-state index in [0.717, 1.165) is 6.42 Å². The van der Waals surface area contributed by atoms with Gasteiger partial charge in [-0.1, -0.05) is 11.6 Å². The van der Waals surface area contributed by atoms with Gasteiger partial charge in [0.05, 0.1) is 5.60 Å². The Morgan fingerprint density at radius 1 is 1.38 bits per heavy atom. The van der Waals surface area contributed by atoms with Crippen LogP contribution < -0.4 is 0 Å². The first-order valence-corrected chi connectivity index (χ1v) is 4.99. The number of hydrogen-bond donors (Lipinski definition) is 0. The quantitative estimate of drug-likeness (QED) is 0.372. The summed E-state index contributed by atoms with van der Waals surface area (Å²) < 4.78 is 0. The fourth-order valence-electron chi connectivity index (χ4n) is 1.35. The van der Waals surface area contributed by atoms with Gasteiger partial charge in [-0.05, 0) is 47.0 Å². The number of rotatable bonds is 2. The predicted molar refractivity (Wildman–Crippen MR) is 53.3 cm³/mol. The third-order valence-corrected chi connectivity index (χ3v) is 1.95. The van der Waals surface area contributed by atoms with E-state index in [1.807, 2.05) is 20.8 Å². The molecule has 76 valence electrons. The Morgan fingerprint density at radius 2 is 2.08 bits per heavy atom. The maximum Gasteiger partial charge on any atom is 0.111 e. The fourth-order valence-corrected chi connectivity index (χ4v) is 1.35. The summed E-state index contributed by atoms with van der Waals surface area (Å²) in [4.78, 5) is 10.6. The van der Waals surface area contributed by atoms with Crippen molar-refractivity contribution in [2.24, 2.45) is 0 Å². The lowest BCUT2D eigenvalue weighted by molar-refractivity contribution is -0.365. The molecule has 0 saturated heterocycles. The predicted octanol–water partition coefficient (Wildman–Crippen LogP) is 3.23. The van der Waals surface area contributed by atoms with Crippen LogP contribution in [0.25, 0.3) is 0 Å². The Kier molecular flexibility index (Phi) is 3.51. The van der Waals surface area contributed by atoms with E-state index in [9.17, 15) is 0 Å². The zero-order valence-corrected chi connectivity index (χ0v) is 9.09. The molecule has 0 radical (unpaired) electrons. The van der Waals surface area contributed by atoms with E-state index in [1.165, 1.54) is 18.4 Å². The van der Waals surface area contributed by atoms with E-state index in [1.54, 1.807) is 0 Å². The maximum absolute atomic E-state index is 5.34. The lowest BCUT2D eigenvalue weighted by Gasteiger charge is -2.24. The molecule has 0 spiro atoms. The Hall–Kier alpha value is -0.340. The van der Waals surface area contributed by atoms with Gasteiger partial charge in [-0.15, -0.1) is 0 Å². The molecule has 0 amide bonds. The molecule has 0 aliphatic heterocycles. The Labute approximate surface area is 80.8 Å². The molecule has 0 fully saturated rings. The van der Waals surface area contributed by atoms with E-state index in [4.69, 9.17) is 9.78 Å². The van der Waals surface area contributed by atoms with Gasteiger partial charge in [0.15, 0.2) is 0 Å². The number of allylic oxidation sites excluding steroid dienone is 1. The van der Waals surface area contributed by atoms with Crippen molar-refractivity contribution >= 4 is 0 Å². The van der Waals surface area contributed by atoms with Gasteiger partial charge >= 0.3 is 0 Å². The SMILES string of the molecule is CC1=C[C@@H](OOC(C)(C)C)CCC1. The molecule has 0 unspecified atom stereocenters. The smallest absolute Gasteiger partial charge is 0.111 e. The minimum absolute atomic E-state index is 0.160. The molecule has 0 heterocycles. The second-order valence-corrected chi connectivity index (χ2v) is 4.74. The molecule has 2 nitrogen and oxygen atoms in total. The van der Waals surface area contributed by atoms with Crippen LogP contribution in [-0.2, 0) is 9.78 Å². The second kappa shape index (κ2) is 4.25. The summed E-state index contributed by atoms with van der Waals surface area (Å²) in [6.07, 6.45) is 5.81. The Bertz CT molecular complexity index is 189. The molecule has 0 aromatic rings. The van der Waals surface area contributed by atoms with Crippen molar-refractivity contribution in [2.45, 2.75) is 58.7 Å². The summed E-state index contributed by atoms with van der Waals surface area (Å²) in [5, 5.41) is 0. The van der Waals surface area contributed by atoms with Gasteiger partial charge in [0.1, 0.15) is 6.10 Å². The van der Waals surface area contributed by atoms with Crippen LogP contribution in [0.3, 0.4) is 0 Å². The minimum Gasteiger partial charge on any atom is -0.230 e. The van der Waals surface area contributed by atoms with Gasteiger partial charge < -0.3 is 0 Å². The lowest BCUT2D eigenvalue weighted by Crippen LogP contribution is -2.24. The van der Waals surface area contributed by atoms with Crippen LogP contribution in [0.2, 0.25) is 0 Å². The van der Waals surface area contributed by atoms with Crippen LogP contribution >= 0.6 is 0 Å². The van der Waals surface area contributed by atoms with Gasteiger partial charge in [0, 0.05) is 0 Å². The third kappa shape index (κ3) is 4.44. The van der Waals surface area contributed by atoms with Gasteiger partial charge in [-0.2, -0.15) is 0 Å². The summed E-state index contributed by atoms with van der Waals surface area (Å²) >= 11 is 0. The molecule has 0 aromatic carbocycles. The van der Waals surface area contributed by atoms with Crippen molar-refractivity contribution in [3.63, 3.8) is 0 Å². The zero-order chi connectivity index (χ0) is 9.90. The Morgan fingerprint density at radius 3 is 2.62 bits per heavy atom. The fraction of sp³-hybridized carbons (Fsp3) is 0.818. The average Bonchev–Trinajstić information content (AvgIpc) is 2.00. The highest BCUT2D eigenvalue weighted by molar-refractivity contribution is 5.05. The molecule has 1 rings (SSSR count). The van der Waals surface area contributed by atoms with Crippen LogP contribution in [0.4, 0.5) is 0 Å².